The maximum absolute atomic E-state index is 3.51. The lowest BCUT2D eigenvalue weighted by molar-refractivity contribution is 0.312. The third kappa shape index (κ3) is 10.0. The fraction of sp³-hybridized carbons (Fsp3) is 1.00. The van der Waals surface area contributed by atoms with Gasteiger partial charge < -0.3 is 10.2 Å². The number of hydrogen-bond donors (Lipinski definition) is 1. The first kappa shape index (κ1) is 13.9. The van der Waals surface area contributed by atoms with Crippen molar-refractivity contribution in [1.82, 2.24) is 10.2 Å². The fourth-order valence-corrected chi connectivity index (χ4v) is 1.35. The van der Waals surface area contributed by atoms with Crippen molar-refractivity contribution < 1.29 is 0 Å². The largest absolute Gasteiger partial charge is 0.312 e. The molecule has 0 spiro atoms. The monoisotopic (exact) mass is 200 g/mol. The van der Waals surface area contributed by atoms with Gasteiger partial charge in [-0.2, -0.15) is 0 Å². The molecule has 0 radical (unpaired) electrons. The summed E-state index contributed by atoms with van der Waals surface area (Å²) >= 11 is 0. The molecule has 0 aromatic heterocycles. The van der Waals surface area contributed by atoms with Crippen molar-refractivity contribution in [3.63, 3.8) is 0 Å². The summed E-state index contributed by atoms with van der Waals surface area (Å²) < 4.78 is 0. The SMILES string of the molecule is CCCCN(C)CCCNC(C)(C)C. The number of nitrogens with one attached hydrogen (secondary N) is 1. The molecule has 0 rings (SSSR count). The van der Waals surface area contributed by atoms with Gasteiger partial charge in [0.05, 0.1) is 0 Å². The lowest BCUT2D eigenvalue weighted by Crippen LogP contribution is -2.37. The van der Waals surface area contributed by atoms with Crippen molar-refractivity contribution in [2.24, 2.45) is 0 Å². The molecule has 0 bridgehead atoms. The number of rotatable bonds is 7. The van der Waals surface area contributed by atoms with E-state index >= 15 is 0 Å². The van der Waals surface area contributed by atoms with E-state index in [9.17, 15) is 0 Å². The maximum atomic E-state index is 3.51. The summed E-state index contributed by atoms with van der Waals surface area (Å²) in [5, 5.41) is 3.51. The smallest absolute Gasteiger partial charge is 0.00965 e. The van der Waals surface area contributed by atoms with Crippen LogP contribution in [0, 0.1) is 0 Å². The Morgan fingerprint density at radius 1 is 1.07 bits per heavy atom. The minimum Gasteiger partial charge on any atom is -0.312 e. The standard InChI is InChI=1S/C12H28N2/c1-6-7-10-14(5)11-8-9-13-12(2,3)4/h13H,6-11H2,1-5H3. The Hall–Kier alpha value is -0.0800. The van der Waals surface area contributed by atoms with E-state index in [1.165, 1.54) is 32.4 Å². The lowest BCUT2D eigenvalue weighted by Gasteiger charge is -2.22. The van der Waals surface area contributed by atoms with Crippen LogP contribution in [-0.4, -0.2) is 37.1 Å². The van der Waals surface area contributed by atoms with Gasteiger partial charge in [0, 0.05) is 5.54 Å². The Labute approximate surface area is 90.1 Å². The normalized spacial score (nSPS) is 12.4. The molecule has 1 N–H and O–H groups in total. The van der Waals surface area contributed by atoms with Crippen LogP contribution < -0.4 is 5.32 Å². The van der Waals surface area contributed by atoms with Gasteiger partial charge in [-0.25, -0.2) is 0 Å². The van der Waals surface area contributed by atoms with Crippen LogP contribution >= 0.6 is 0 Å². The second-order valence-corrected chi connectivity index (χ2v) is 5.19. The van der Waals surface area contributed by atoms with Crippen LogP contribution in [0.25, 0.3) is 0 Å². The van der Waals surface area contributed by atoms with Crippen LogP contribution in [0.5, 0.6) is 0 Å². The molecule has 0 amide bonds. The predicted octanol–water partition coefficient (Wildman–Crippen LogP) is 2.50. The molecule has 0 aliphatic heterocycles. The minimum absolute atomic E-state index is 0.266. The number of hydrogen-bond acceptors (Lipinski definition) is 2. The van der Waals surface area contributed by atoms with Gasteiger partial charge >= 0.3 is 0 Å². The first-order valence-electron chi connectivity index (χ1n) is 5.89. The molecule has 0 aromatic carbocycles. The molecule has 0 unspecified atom stereocenters. The summed E-state index contributed by atoms with van der Waals surface area (Å²) in [7, 11) is 2.22. The van der Waals surface area contributed by atoms with E-state index in [0.29, 0.717) is 0 Å². The van der Waals surface area contributed by atoms with Crippen molar-refractivity contribution >= 4 is 0 Å². The van der Waals surface area contributed by atoms with E-state index < -0.39 is 0 Å². The van der Waals surface area contributed by atoms with Gasteiger partial charge in [0.2, 0.25) is 0 Å². The second kappa shape index (κ2) is 7.24. The van der Waals surface area contributed by atoms with E-state index in [1.807, 2.05) is 0 Å². The van der Waals surface area contributed by atoms with Gasteiger partial charge in [0.15, 0.2) is 0 Å². The molecular weight excluding hydrogens is 172 g/mol. The molecule has 0 aliphatic rings. The minimum atomic E-state index is 0.266. The highest BCUT2D eigenvalue weighted by Gasteiger charge is 2.07. The van der Waals surface area contributed by atoms with Crippen LogP contribution in [0.1, 0.15) is 47.0 Å². The van der Waals surface area contributed by atoms with E-state index in [-0.39, 0.29) is 5.54 Å². The van der Waals surface area contributed by atoms with Gasteiger partial charge in [-0.1, -0.05) is 13.3 Å². The molecule has 14 heavy (non-hydrogen) atoms. The van der Waals surface area contributed by atoms with E-state index in [2.05, 4.69) is 45.0 Å². The summed E-state index contributed by atoms with van der Waals surface area (Å²) in [6.07, 6.45) is 3.87. The second-order valence-electron chi connectivity index (χ2n) is 5.19. The average molecular weight is 200 g/mol. The summed E-state index contributed by atoms with van der Waals surface area (Å²) in [6, 6.07) is 0. The van der Waals surface area contributed by atoms with E-state index in [1.54, 1.807) is 0 Å². The highest BCUT2D eigenvalue weighted by molar-refractivity contribution is 4.70. The average Bonchev–Trinajstić information content (AvgIpc) is 2.07. The van der Waals surface area contributed by atoms with Crippen molar-refractivity contribution in [3.05, 3.63) is 0 Å². The Bertz CT molecular complexity index is 127. The zero-order valence-electron chi connectivity index (χ0n) is 10.7. The summed E-state index contributed by atoms with van der Waals surface area (Å²) in [6.45, 7) is 12.5. The fourth-order valence-electron chi connectivity index (χ4n) is 1.35. The van der Waals surface area contributed by atoms with Crippen LogP contribution in [0.3, 0.4) is 0 Å². The van der Waals surface area contributed by atoms with Crippen LogP contribution in [0.15, 0.2) is 0 Å². The first-order valence-corrected chi connectivity index (χ1v) is 5.89. The number of nitrogens with zero attached hydrogens (tertiary/aromatic N) is 1. The topological polar surface area (TPSA) is 15.3 Å². The molecular formula is C12H28N2. The van der Waals surface area contributed by atoms with Crippen molar-refractivity contribution in [2.45, 2.75) is 52.5 Å². The summed E-state index contributed by atoms with van der Waals surface area (Å²) in [5.41, 5.74) is 0.266. The molecule has 0 aliphatic carbocycles. The van der Waals surface area contributed by atoms with Crippen LogP contribution in [-0.2, 0) is 0 Å². The molecule has 2 heteroatoms. The quantitative estimate of drug-likeness (QED) is 0.635. The maximum Gasteiger partial charge on any atom is 0.00965 e. The van der Waals surface area contributed by atoms with Crippen molar-refractivity contribution in [1.29, 1.82) is 0 Å². The van der Waals surface area contributed by atoms with E-state index in [0.717, 1.165) is 6.54 Å². The third-order valence-electron chi connectivity index (χ3n) is 2.27. The molecule has 2 nitrogen and oxygen atoms in total. The Kier molecular flexibility index (Phi) is 7.20. The zero-order valence-corrected chi connectivity index (χ0v) is 10.7. The van der Waals surface area contributed by atoms with Gasteiger partial charge in [-0.15, -0.1) is 0 Å². The van der Waals surface area contributed by atoms with Gasteiger partial charge in [0.25, 0.3) is 0 Å². The highest BCUT2D eigenvalue weighted by atomic mass is 15.1. The zero-order chi connectivity index (χ0) is 11.0. The van der Waals surface area contributed by atoms with Crippen molar-refractivity contribution in [2.75, 3.05) is 26.7 Å². The summed E-state index contributed by atoms with van der Waals surface area (Å²) in [4.78, 5) is 2.42. The highest BCUT2D eigenvalue weighted by Crippen LogP contribution is 1.98. The van der Waals surface area contributed by atoms with E-state index in [4.69, 9.17) is 0 Å². The molecule has 0 heterocycles. The first-order chi connectivity index (χ1) is 6.45. The van der Waals surface area contributed by atoms with Gasteiger partial charge in [0.1, 0.15) is 0 Å². The van der Waals surface area contributed by atoms with Crippen LogP contribution in [0.4, 0.5) is 0 Å². The molecule has 0 aromatic rings. The molecule has 0 saturated heterocycles. The van der Waals surface area contributed by atoms with Gasteiger partial charge in [-0.3, -0.25) is 0 Å². The predicted molar refractivity (Wildman–Crippen MR) is 64.8 cm³/mol. The molecule has 0 atom stereocenters. The summed E-state index contributed by atoms with van der Waals surface area (Å²) in [5.74, 6) is 0. The Balaban J connectivity index is 3.27. The Morgan fingerprint density at radius 3 is 2.14 bits per heavy atom. The van der Waals surface area contributed by atoms with Gasteiger partial charge in [-0.05, 0) is 60.3 Å². The molecule has 86 valence electrons. The molecule has 0 fully saturated rings. The van der Waals surface area contributed by atoms with Crippen LogP contribution in [0.2, 0.25) is 0 Å². The third-order valence-corrected chi connectivity index (χ3v) is 2.27. The molecule has 0 saturated carbocycles. The number of unbranched alkanes of at least 4 members (excludes halogenated alkanes) is 1. The van der Waals surface area contributed by atoms with Crippen molar-refractivity contribution in [3.8, 4) is 0 Å². The Morgan fingerprint density at radius 2 is 1.64 bits per heavy atom. The lowest BCUT2D eigenvalue weighted by atomic mass is 10.1.